The van der Waals surface area contributed by atoms with Crippen molar-refractivity contribution in [3.63, 3.8) is 0 Å². The number of nitrogens with two attached hydrogens (primary N) is 1. The lowest BCUT2D eigenvalue weighted by Crippen LogP contribution is -2.14. The number of amides is 1. The van der Waals surface area contributed by atoms with Gasteiger partial charge < -0.3 is 16.2 Å². The highest BCUT2D eigenvalue weighted by atomic mass is 19.4. The minimum absolute atomic E-state index is 0.0356. The molecular formula is C15H13F3N2O2. The lowest BCUT2D eigenvalue weighted by atomic mass is 10.1. The van der Waals surface area contributed by atoms with E-state index < -0.39 is 23.3 Å². The number of rotatable bonds is 2. The van der Waals surface area contributed by atoms with Gasteiger partial charge in [-0.2, -0.15) is 13.2 Å². The number of alkyl halides is 3. The van der Waals surface area contributed by atoms with Crippen LogP contribution in [0.15, 0.2) is 36.4 Å². The van der Waals surface area contributed by atoms with E-state index in [9.17, 15) is 23.1 Å². The quantitative estimate of drug-likeness (QED) is 0.742. The zero-order chi connectivity index (χ0) is 16.5. The lowest BCUT2D eigenvalue weighted by Gasteiger charge is -2.12. The van der Waals surface area contributed by atoms with Crippen molar-refractivity contribution >= 4 is 17.3 Å². The summed E-state index contributed by atoms with van der Waals surface area (Å²) in [5, 5.41) is 11.9. The van der Waals surface area contributed by atoms with E-state index in [-0.39, 0.29) is 17.0 Å². The maximum Gasteiger partial charge on any atom is 0.418 e. The minimum Gasteiger partial charge on any atom is -0.508 e. The zero-order valence-corrected chi connectivity index (χ0v) is 11.5. The van der Waals surface area contributed by atoms with Crippen LogP contribution in [0.25, 0.3) is 0 Å². The van der Waals surface area contributed by atoms with E-state index in [0.29, 0.717) is 5.56 Å². The molecule has 7 heteroatoms. The second-order valence-corrected chi connectivity index (χ2v) is 4.76. The Hall–Kier alpha value is -2.70. The maximum atomic E-state index is 12.8. The van der Waals surface area contributed by atoms with Crippen LogP contribution in [-0.2, 0) is 6.18 Å². The molecule has 0 atom stereocenters. The third-order valence-electron chi connectivity index (χ3n) is 3.09. The molecule has 4 nitrogen and oxygen atoms in total. The van der Waals surface area contributed by atoms with Crippen LogP contribution in [0.5, 0.6) is 5.75 Å². The van der Waals surface area contributed by atoms with Crippen LogP contribution in [0.1, 0.15) is 21.5 Å². The van der Waals surface area contributed by atoms with Crippen LogP contribution in [0.2, 0.25) is 0 Å². The van der Waals surface area contributed by atoms with Gasteiger partial charge in [0.25, 0.3) is 5.91 Å². The van der Waals surface area contributed by atoms with Crippen LogP contribution < -0.4 is 11.1 Å². The summed E-state index contributed by atoms with van der Waals surface area (Å²) in [6, 6.07) is 7.36. The van der Waals surface area contributed by atoms with Crippen LogP contribution in [0, 0.1) is 6.92 Å². The molecule has 0 radical (unpaired) electrons. The number of phenols is 1. The Bertz CT molecular complexity index is 727. The van der Waals surface area contributed by atoms with E-state index in [1.54, 1.807) is 6.92 Å². The third kappa shape index (κ3) is 3.30. The van der Waals surface area contributed by atoms with E-state index in [2.05, 4.69) is 5.32 Å². The number of nitrogens with one attached hydrogen (secondary N) is 1. The molecule has 0 aliphatic rings. The number of anilines is 2. The van der Waals surface area contributed by atoms with Crippen LogP contribution in [0.3, 0.4) is 0 Å². The van der Waals surface area contributed by atoms with Gasteiger partial charge in [0.1, 0.15) is 5.75 Å². The lowest BCUT2D eigenvalue weighted by molar-refractivity contribution is -0.136. The minimum atomic E-state index is -4.60. The van der Waals surface area contributed by atoms with E-state index in [1.807, 2.05) is 0 Å². The Labute approximate surface area is 124 Å². The Balaban J connectivity index is 2.27. The molecule has 0 heterocycles. The average molecular weight is 310 g/mol. The number of halogens is 3. The fraction of sp³-hybridized carbons (Fsp3) is 0.133. The first-order chi connectivity index (χ1) is 10.2. The smallest absolute Gasteiger partial charge is 0.418 e. The van der Waals surface area contributed by atoms with Gasteiger partial charge in [0.2, 0.25) is 0 Å². The van der Waals surface area contributed by atoms with E-state index in [0.717, 1.165) is 12.1 Å². The number of benzene rings is 2. The first-order valence-corrected chi connectivity index (χ1v) is 6.26. The van der Waals surface area contributed by atoms with Crippen molar-refractivity contribution in [3.8, 4) is 5.75 Å². The van der Waals surface area contributed by atoms with Gasteiger partial charge in [0, 0.05) is 16.9 Å². The fourth-order valence-electron chi connectivity index (χ4n) is 1.83. The highest BCUT2D eigenvalue weighted by Crippen LogP contribution is 2.35. The molecule has 0 spiro atoms. The summed E-state index contributed by atoms with van der Waals surface area (Å²) in [6.45, 7) is 1.66. The predicted molar refractivity (Wildman–Crippen MR) is 76.7 cm³/mol. The molecule has 0 aliphatic carbocycles. The van der Waals surface area contributed by atoms with Crippen molar-refractivity contribution in [2.75, 3.05) is 11.1 Å². The van der Waals surface area contributed by atoms with Gasteiger partial charge in [-0.3, -0.25) is 4.79 Å². The first kappa shape index (κ1) is 15.7. The van der Waals surface area contributed by atoms with Crippen molar-refractivity contribution in [2.24, 2.45) is 0 Å². The molecule has 0 aliphatic heterocycles. The van der Waals surface area contributed by atoms with Crippen molar-refractivity contribution < 1.29 is 23.1 Å². The summed E-state index contributed by atoms with van der Waals surface area (Å²) in [6.07, 6.45) is -4.60. The summed E-state index contributed by atoms with van der Waals surface area (Å²) in [5.41, 5.74) is 4.54. The number of phenolic OH excluding ortho intramolecular Hbond substituents is 1. The van der Waals surface area contributed by atoms with Crippen molar-refractivity contribution in [1.29, 1.82) is 0 Å². The molecule has 2 aromatic rings. The molecule has 0 aromatic heterocycles. The second-order valence-electron chi connectivity index (χ2n) is 4.76. The molecule has 0 bridgehead atoms. The largest absolute Gasteiger partial charge is 0.508 e. The van der Waals surface area contributed by atoms with Crippen molar-refractivity contribution in [3.05, 3.63) is 53.1 Å². The number of carbonyl (C=O) groups is 1. The number of nitrogen functional groups attached to an aromatic ring is 1. The van der Waals surface area contributed by atoms with Gasteiger partial charge in [-0.25, -0.2) is 0 Å². The Morgan fingerprint density at radius 1 is 1.18 bits per heavy atom. The summed E-state index contributed by atoms with van der Waals surface area (Å²) in [5.74, 6) is -0.700. The Morgan fingerprint density at radius 3 is 2.45 bits per heavy atom. The highest BCUT2D eigenvalue weighted by Gasteiger charge is 2.33. The number of aromatic hydroxyl groups is 1. The maximum absolute atomic E-state index is 12.8. The molecular weight excluding hydrogens is 297 g/mol. The number of aryl methyl sites for hydroxylation is 1. The normalized spacial score (nSPS) is 11.3. The number of carbonyl (C=O) groups excluding carboxylic acids is 1. The first-order valence-electron chi connectivity index (χ1n) is 6.26. The van der Waals surface area contributed by atoms with Crippen molar-refractivity contribution in [1.82, 2.24) is 0 Å². The molecule has 116 valence electrons. The fourth-order valence-corrected chi connectivity index (χ4v) is 1.83. The summed E-state index contributed by atoms with van der Waals surface area (Å²) in [7, 11) is 0. The van der Waals surface area contributed by atoms with Gasteiger partial charge in [-0.05, 0) is 42.8 Å². The van der Waals surface area contributed by atoms with Gasteiger partial charge in [-0.15, -0.1) is 0 Å². The Kier molecular flexibility index (Phi) is 3.99. The molecule has 1 amide bonds. The summed E-state index contributed by atoms with van der Waals surface area (Å²) in [4.78, 5) is 12.0. The van der Waals surface area contributed by atoms with Crippen LogP contribution in [0.4, 0.5) is 24.5 Å². The SMILES string of the molecule is Cc1ccc(C(=O)Nc2ccc(N)c(C(F)(F)F)c2)cc1O. The standard InChI is InChI=1S/C15H13F3N2O2/c1-8-2-3-9(6-13(8)21)14(22)20-10-4-5-12(19)11(7-10)15(16,17)18/h2-7,21H,19H2,1H3,(H,20,22). The average Bonchev–Trinajstić information content (AvgIpc) is 2.42. The monoisotopic (exact) mass is 310 g/mol. The van der Waals surface area contributed by atoms with Crippen molar-refractivity contribution in [2.45, 2.75) is 13.1 Å². The summed E-state index contributed by atoms with van der Waals surface area (Å²) < 4.78 is 38.3. The summed E-state index contributed by atoms with van der Waals surface area (Å²) >= 11 is 0. The predicted octanol–water partition coefficient (Wildman–Crippen LogP) is 3.55. The molecule has 0 fully saturated rings. The zero-order valence-electron chi connectivity index (χ0n) is 11.5. The topological polar surface area (TPSA) is 75.4 Å². The Morgan fingerprint density at radius 2 is 1.86 bits per heavy atom. The van der Waals surface area contributed by atoms with Gasteiger partial charge in [-0.1, -0.05) is 6.07 Å². The van der Waals surface area contributed by atoms with Gasteiger partial charge in [0.05, 0.1) is 5.56 Å². The molecule has 2 rings (SSSR count). The highest BCUT2D eigenvalue weighted by molar-refractivity contribution is 6.04. The molecule has 2 aromatic carbocycles. The van der Waals surface area contributed by atoms with Gasteiger partial charge in [0.15, 0.2) is 0 Å². The molecule has 22 heavy (non-hydrogen) atoms. The van der Waals surface area contributed by atoms with Crippen LogP contribution >= 0.6 is 0 Å². The third-order valence-corrected chi connectivity index (χ3v) is 3.09. The van der Waals surface area contributed by atoms with Gasteiger partial charge >= 0.3 is 6.18 Å². The molecule has 0 saturated carbocycles. The second kappa shape index (κ2) is 5.59. The van der Waals surface area contributed by atoms with E-state index in [4.69, 9.17) is 5.73 Å². The number of hydrogen-bond donors (Lipinski definition) is 3. The van der Waals surface area contributed by atoms with E-state index in [1.165, 1.54) is 24.3 Å². The van der Waals surface area contributed by atoms with E-state index >= 15 is 0 Å². The molecule has 0 saturated heterocycles. The number of hydrogen-bond acceptors (Lipinski definition) is 3. The molecule has 4 N–H and O–H groups in total. The van der Waals surface area contributed by atoms with Crippen LogP contribution in [-0.4, -0.2) is 11.0 Å². The molecule has 0 unspecified atom stereocenters.